The van der Waals surface area contributed by atoms with Crippen molar-refractivity contribution in [3.63, 3.8) is 0 Å². The lowest BCUT2D eigenvalue weighted by atomic mass is 10.2. The van der Waals surface area contributed by atoms with Crippen LogP contribution in [0.3, 0.4) is 0 Å². The van der Waals surface area contributed by atoms with Crippen LogP contribution in [-0.4, -0.2) is 33.5 Å². The third-order valence-corrected chi connectivity index (χ3v) is 4.69. The van der Waals surface area contributed by atoms with Crippen LogP contribution in [0.15, 0.2) is 66.9 Å². The highest BCUT2D eigenvalue weighted by Crippen LogP contribution is 2.17. The predicted octanol–water partition coefficient (Wildman–Crippen LogP) is 3.56. The summed E-state index contributed by atoms with van der Waals surface area (Å²) in [5.41, 5.74) is 3.18. The van der Waals surface area contributed by atoms with Gasteiger partial charge in [-0.2, -0.15) is 0 Å². The molecule has 4 aromatic rings. The molecule has 9 heteroatoms. The van der Waals surface area contributed by atoms with Crippen LogP contribution in [0.5, 0.6) is 5.75 Å². The molecule has 2 amide bonds. The molecule has 2 aromatic carbocycles. The Labute approximate surface area is 184 Å². The molecule has 2 heterocycles. The van der Waals surface area contributed by atoms with Crippen molar-refractivity contribution in [1.82, 2.24) is 14.6 Å². The maximum atomic E-state index is 12.8. The summed E-state index contributed by atoms with van der Waals surface area (Å²) in [6.07, 6.45) is 1.48. The second kappa shape index (κ2) is 9.17. The summed E-state index contributed by atoms with van der Waals surface area (Å²) >= 11 is 0. The molecule has 0 aliphatic carbocycles. The third kappa shape index (κ3) is 4.84. The van der Waals surface area contributed by atoms with E-state index in [0.717, 1.165) is 11.3 Å². The number of ether oxygens (including phenoxy) is 1. The molecule has 32 heavy (non-hydrogen) atoms. The molecule has 4 rings (SSSR count). The largest absolute Gasteiger partial charge is 0.497 e. The van der Waals surface area contributed by atoms with Gasteiger partial charge in [-0.1, -0.05) is 12.1 Å². The van der Waals surface area contributed by atoms with E-state index >= 15 is 0 Å². The Kier molecular flexibility index (Phi) is 5.98. The first kappa shape index (κ1) is 20.9. The van der Waals surface area contributed by atoms with Gasteiger partial charge in [0.25, 0.3) is 5.91 Å². The van der Waals surface area contributed by atoms with Gasteiger partial charge in [0.05, 0.1) is 13.3 Å². The number of anilines is 3. The van der Waals surface area contributed by atoms with Crippen LogP contribution in [0.1, 0.15) is 23.0 Å². The summed E-state index contributed by atoms with van der Waals surface area (Å²) in [5.74, 6) is 0.909. The van der Waals surface area contributed by atoms with Gasteiger partial charge in [-0.15, -0.1) is 5.10 Å². The first-order chi connectivity index (χ1) is 15.5. The highest BCUT2D eigenvalue weighted by molar-refractivity contribution is 6.03. The maximum Gasteiger partial charge on any atom is 0.276 e. The van der Waals surface area contributed by atoms with E-state index in [1.165, 1.54) is 17.6 Å². The van der Waals surface area contributed by atoms with Gasteiger partial charge in [0.15, 0.2) is 11.3 Å². The molecule has 0 spiro atoms. The Hall–Kier alpha value is -4.40. The number of amides is 2. The summed E-state index contributed by atoms with van der Waals surface area (Å²) in [6, 6.07) is 18.2. The number of benzene rings is 2. The van der Waals surface area contributed by atoms with E-state index in [0.29, 0.717) is 35.1 Å². The minimum Gasteiger partial charge on any atom is -0.497 e. The van der Waals surface area contributed by atoms with Gasteiger partial charge in [-0.25, -0.2) is 9.50 Å². The van der Waals surface area contributed by atoms with Gasteiger partial charge in [-0.05, 0) is 54.1 Å². The molecule has 3 N–H and O–H groups in total. The fraction of sp³-hybridized carbons (Fsp3) is 0.130. The van der Waals surface area contributed by atoms with E-state index in [-0.39, 0.29) is 11.8 Å². The predicted molar refractivity (Wildman–Crippen MR) is 122 cm³/mol. The number of hydrogen-bond donors (Lipinski definition) is 3. The number of nitrogens with zero attached hydrogens (tertiary/aromatic N) is 3. The minimum atomic E-state index is -0.343. The summed E-state index contributed by atoms with van der Waals surface area (Å²) < 4.78 is 6.67. The fourth-order valence-corrected chi connectivity index (χ4v) is 3.09. The van der Waals surface area contributed by atoms with E-state index in [1.54, 1.807) is 37.4 Å². The highest BCUT2D eigenvalue weighted by atomic mass is 16.5. The number of hydrogen-bond acceptors (Lipinski definition) is 6. The Balaban J connectivity index is 1.46. The van der Waals surface area contributed by atoms with Gasteiger partial charge in [-0.3, -0.25) is 9.59 Å². The zero-order chi connectivity index (χ0) is 22.5. The molecule has 0 aliphatic rings. The van der Waals surface area contributed by atoms with Crippen LogP contribution in [0.4, 0.5) is 17.2 Å². The van der Waals surface area contributed by atoms with Crippen LogP contribution < -0.4 is 20.7 Å². The molecule has 162 valence electrons. The van der Waals surface area contributed by atoms with Crippen molar-refractivity contribution in [1.29, 1.82) is 0 Å². The number of nitrogens with one attached hydrogen (secondary N) is 3. The van der Waals surface area contributed by atoms with Crippen molar-refractivity contribution in [2.45, 2.75) is 13.5 Å². The minimum absolute atomic E-state index is 0.157. The fourth-order valence-electron chi connectivity index (χ4n) is 3.09. The molecule has 0 saturated heterocycles. The van der Waals surface area contributed by atoms with Crippen molar-refractivity contribution in [2.75, 3.05) is 23.1 Å². The quantitative estimate of drug-likeness (QED) is 0.414. The van der Waals surface area contributed by atoms with E-state index in [4.69, 9.17) is 4.74 Å². The molecule has 0 saturated carbocycles. The zero-order valence-corrected chi connectivity index (χ0v) is 17.6. The van der Waals surface area contributed by atoms with E-state index in [2.05, 4.69) is 26.0 Å². The number of fused-ring (bicyclic) bond motifs is 1. The van der Waals surface area contributed by atoms with Gasteiger partial charge < -0.3 is 20.7 Å². The van der Waals surface area contributed by atoms with E-state index < -0.39 is 0 Å². The SMILES string of the molecule is COc1ccc(CNc2ccc3ncc(C(=O)Nc4ccc(NC(C)=O)cc4)n3n2)cc1. The number of aromatic nitrogens is 3. The van der Waals surface area contributed by atoms with Crippen molar-refractivity contribution in [3.05, 3.63) is 78.1 Å². The molecule has 0 atom stereocenters. The van der Waals surface area contributed by atoms with Crippen LogP contribution in [0.25, 0.3) is 5.65 Å². The first-order valence-corrected chi connectivity index (χ1v) is 9.92. The third-order valence-electron chi connectivity index (χ3n) is 4.69. The Morgan fingerprint density at radius 3 is 2.28 bits per heavy atom. The lowest BCUT2D eigenvalue weighted by Gasteiger charge is -2.09. The average Bonchev–Trinajstić information content (AvgIpc) is 3.22. The normalized spacial score (nSPS) is 10.6. The summed E-state index contributed by atoms with van der Waals surface area (Å²) in [7, 11) is 1.63. The number of imidazole rings is 1. The molecule has 0 aliphatic heterocycles. The molecule has 2 aromatic heterocycles. The van der Waals surface area contributed by atoms with Crippen molar-refractivity contribution in [3.8, 4) is 5.75 Å². The molecule has 0 bridgehead atoms. The average molecular weight is 430 g/mol. The van der Waals surface area contributed by atoms with Crippen LogP contribution in [0.2, 0.25) is 0 Å². The summed E-state index contributed by atoms with van der Waals surface area (Å²) in [5, 5.41) is 13.3. The van der Waals surface area contributed by atoms with Crippen LogP contribution in [-0.2, 0) is 11.3 Å². The second-order valence-corrected chi connectivity index (χ2v) is 7.05. The zero-order valence-electron chi connectivity index (χ0n) is 17.6. The molecular weight excluding hydrogens is 408 g/mol. The highest BCUT2D eigenvalue weighted by Gasteiger charge is 2.14. The molecule has 0 unspecified atom stereocenters. The molecule has 0 fully saturated rings. The van der Waals surface area contributed by atoms with Crippen molar-refractivity contribution >= 4 is 34.7 Å². The molecule has 0 radical (unpaired) electrons. The standard InChI is InChI=1S/C23H22N6O3/c1-15(30)26-17-5-7-18(8-6-17)27-23(31)20-14-25-22-12-11-21(28-29(20)22)24-13-16-3-9-19(32-2)10-4-16/h3-12,14H,13H2,1-2H3,(H,24,28)(H,26,30)(H,27,31). The van der Waals surface area contributed by atoms with Crippen LogP contribution in [0, 0.1) is 0 Å². The van der Waals surface area contributed by atoms with Gasteiger partial charge in [0.2, 0.25) is 5.91 Å². The summed E-state index contributed by atoms with van der Waals surface area (Å²) in [6.45, 7) is 2.01. The van der Waals surface area contributed by atoms with E-state index in [9.17, 15) is 9.59 Å². The number of carbonyl (C=O) groups excluding carboxylic acids is 2. The lowest BCUT2D eigenvalue weighted by molar-refractivity contribution is -0.114. The van der Waals surface area contributed by atoms with E-state index in [1.807, 2.05) is 30.3 Å². The topological polar surface area (TPSA) is 110 Å². The second-order valence-electron chi connectivity index (χ2n) is 7.05. The smallest absolute Gasteiger partial charge is 0.276 e. The van der Waals surface area contributed by atoms with Crippen molar-refractivity contribution < 1.29 is 14.3 Å². The number of carbonyl (C=O) groups is 2. The van der Waals surface area contributed by atoms with Gasteiger partial charge in [0.1, 0.15) is 11.6 Å². The van der Waals surface area contributed by atoms with Gasteiger partial charge in [0, 0.05) is 24.8 Å². The lowest BCUT2D eigenvalue weighted by Crippen LogP contribution is -2.16. The van der Waals surface area contributed by atoms with Crippen molar-refractivity contribution in [2.24, 2.45) is 0 Å². The Morgan fingerprint density at radius 2 is 1.62 bits per heavy atom. The maximum absolute atomic E-state index is 12.8. The number of methoxy groups -OCH3 is 1. The first-order valence-electron chi connectivity index (χ1n) is 9.92. The number of rotatable bonds is 7. The summed E-state index contributed by atoms with van der Waals surface area (Å²) in [4.78, 5) is 28.2. The monoisotopic (exact) mass is 430 g/mol. The Morgan fingerprint density at radius 1 is 0.938 bits per heavy atom. The molecule has 9 nitrogen and oxygen atoms in total. The van der Waals surface area contributed by atoms with Gasteiger partial charge >= 0.3 is 0 Å². The van der Waals surface area contributed by atoms with Crippen LogP contribution >= 0.6 is 0 Å². The Bertz CT molecular complexity index is 1250. The molecular formula is C23H22N6O3.